The predicted molar refractivity (Wildman–Crippen MR) is 87.7 cm³/mol. The van der Waals surface area contributed by atoms with Crippen LogP contribution in [-0.4, -0.2) is 30.8 Å². The SMILES string of the molecule is CN(C)C(=O)C(CCCl)(c1ccccc1)c1ccccc1. The Hall–Kier alpha value is -1.80. The van der Waals surface area contributed by atoms with Crippen LogP contribution in [0, 0.1) is 0 Å². The van der Waals surface area contributed by atoms with E-state index >= 15 is 0 Å². The molecule has 0 fully saturated rings. The van der Waals surface area contributed by atoms with Crippen molar-refractivity contribution in [3.8, 4) is 0 Å². The lowest BCUT2D eigenvalue weighted by molar-refractivity contribution is -0.133. The summed E-state index contributed by atoms with van der Waals surface area (Å²) in [5.41, 5.74) is 1.24. The molecule has 2 nitrogen and oxygen atoms in total. The molecule has 0 aliphatic rings. The Morgan fingerprint density at radius 3 is 1.71 bits per heavy atom. The van der Waals surface area contributed by atoms with Crippen molar-refractivity contribution >= 4 is 17.5 Å². The van der Waals surface area contributed by atoms with Gasteiger partial charge >= 0.3 is 0 Å². The molecule has 0 aliphatic carbocycles. The van der Waals surface area contributed by atoms with Crippen LogP contribution in [0.4, 0.5) is 0 Å². The molecule has 0 atom stereocenters. The maximum Gasteiger partial charge on any atom is 0.237 e. The van der Waals surface area contributed by atoms with E-state index in [0.29, 0.717) is 12.3 Å². The molecule has 110 valence electrons. The van der Waals surface area contributed by atoms with E-state index in [1.165, 1.54) is 0 Å². The molecular formula is C18H20ClNO. The molecule has 1 amide bonds. The minimum absolute atomic E-state index is 0.0561. The second-order valence-corrected chi connectivity index (χ2v) is 5.65. The summed E-state index contributed by atoms with van der Waals surface area (Å²) in [5.74, 6) is 0.476. The normalized spacial score (nSPS) is 11.2. The van der Waals surface area contributed by atoms with Gasteiger partial charge in [-0.3, -0.25) is 4.79 Å². The van der Waals surface area contributed by atoms with Crippen molar-refractivity contribution in [2.24, 2.45) is 0 Å². The summed E-state index contributed by atoms with van der Waals surface area (Å²) < 4.78 is 0. The number of likely N-dealkylation sites (N-methyl/N-ethyl adjacent to an activating group) is 1. The smallest absolute Gasteiger partial charge is 0.237 e. The number of carbonyl (C=O) groups is 1. The summed E-state index contributed by atoms with van der Waals surface area (Å²) in [4.78, 5) is 14.7. The summed E-state index contributed by atoms with van der Waals surface area (Å²) in [6.07, 6.45) is 0.569. The first-order chi connectivity index (χ1) is 10.1. The Morgan fingerprint density at radius 1 is 0.952 bits per heavy atom. The van der Waals surface area contributed by atoms with Gasteiger partial charge in [-0.25, -0.2) is 0 Å². The van der Waals surface area contributed by atoms with Crippen LogP contribution in [0.25, 0.3) is 0 Å². The van der Waals surface area contributed by atoms with Gasteiger partial charge in [-0.05, 0) is 17.5 Å². The first kappa shape index (κ1) is 15.6. The first-order valence-corrected chi connectivity index (χ1v) is 7.55. The number of alkyl halides is 1. The van der Waals surface area contributed by atoms with Crippen LogP contribution < -0.4 is 0 Å². The minimum atomic E-state index is -0.728. The number of carbonyl (C=O) groups excluding carboxylic acids is 1. The predicted octanol–water partition coefficient (Wildman–Crippen LogP) is 3.69. The highest BCUT2D eigenvalue weighted by Crippen LogP contribution is 2.37. The lowest BCUT2D eigenvalue weighted by Crippen LogP contribution is -2.45. The van der Waals surface area contributed by atoms with Gasteiger partial charge in [-0.1, -0.05) is 60.7 Å². The van der Waals surface area contributed by atoms with Crippen molar-refractivity contribution in [3.05, 3.63) is 71.8 Å². The largest absolute Gasteiger partial charge is 0.348 e. The van der Waals surface area contributed by atoms with Gasteiger partial charge in [0, 0.05) is 20.0 Å². The molecule has 2 aromatic carbocycles. The highest BCUT2D eigenvalue weighted by atomic mass is 35.5. The second kappa shape index (κ2) is 6.77. The quantitative estimate of drug-likeness (QED) is 0.771. The Labute approximate surface area is 131 Å². The molecule has 0 spiro atoms. The lowest BCUT2D eigenvalue weighted by atomic mass is 9.71. The van der Waals surface area contributed by atoms with Crippen molar-refractivity contribution in [1.82, 2.24) is 4.90 Å². The topological polar surface area (TPSA) is 20.3 Å². The van der Waals surface area contributed by atoms with E-state index in [1.54, 1.807) is 19.0 Å². The zero-order chi connectivity index (χ0) is 15.3. The number of hydrogen-bond acceptors (Lipinski definition) is 1. The van der Waals surface area contributed by atoms with E-state index < -0.39 is 5.41 Å². The fourth-order valence-electron chi connectivity index (χ4n) is 2.78. The third-order valence-corrected chi connectivity index (χ3v) is 3.96. The van der Waals surface area contributed by atoms with Crippen molar-refractivity contribution in [2.75, 3.05) is 20.0 Å². The molecule has 2 aromatic rings. The Balaban J connectivity index is 2.69. The average molecular weight is 302 g/mol. The van der Waals surface area contributed by atoms with E-state index in [4.69, 9.17) is 11.6 Å². The van der Waals surface area contributed by atoms with E-state index in [0.717, 1.165) is 11.1 Å². The van der Waals surface area contributed by atoms with Gasteiger partial charge in [0.25, 0.3) is 0 Å². The van der Waals surface area contributed by atoms with Crippen molar-refractivity contribution < 1.29 is 4.79 Å². The zero-order valence-electron chi connectivity index (χ0n) is 12.4. The van der Waals surface area contributed by atoms with Crippen LogP contribution in [0.5, 0.6) is 0 Å². The minimum Gasteiger partial charge on any atom is -0.348 e. The third-order valence-electron chi connectivity index (χ3n) is 3.77. The number of hydrogen-bond donors (Lipinski definition) is 0. The van der Waals surface area contributed by atoms with E-state index in [9.17, 15) is 4.79 Å². The molecule has 0 aliphatic heterocycles. The van der Waals surface area contributed by atoms with Crippen molar-refractivity contribution in [3.63, 3.8) is 0 Å². The summed E-state index contributed by atoms with van der Waals surface area (Å²) >= 11 is 6.06. The average Bonchev–Trinajstić information content (AvgIpc) is 2.53. The molecule has 0 saturated carbocycles. The molecule has 0 N–H and O–H groups in total. The van der Waals surface area contributed by atoms with Gasteiger partial charge in [0.2, 0.25) is 5.91 Å². The molecule has 0 radical (unpaired) electrons. The highest BCUT2D eigenvalue weighted by molar-refractivity contribution is 6.18. The van der Waals surface area contributed by atoms with E-state index in [-0.39, 0.29) is 5.91 Å². The Bertz CT molecular complexity index is 541. The Morgan fingerprint density at radius 2 is 1.38 bits per heavy atom. The van der Waals surface area contributed by atoms with Crippen LogP contribution in [-0.2, 0) is 10.2 Å². The number of amides is 1. The van der Waals surface area contributed by atoms with E-state index in [1.807, 2.05) is 60.7 Å². The molecule has 3 heteroatoms. The standard InChI is InChI=1S/C18H20ClNO/c1-20(2)17(21)18(13-14-19,15-9-5-3-6-10-15)16-11-7-4-8-12-16/h3-12H,13-14H2,1-2H3. The summed E-state index contributed by atoms with van der Waals surface area (Å²) in [7, 11) is 3.58. The third kappa shape index (κ3) is 2.96. The van der Waals surface area contributed by atoms with Crippen LogP contribution in [0.15, 0.2) is 60.7 Å². The van der Waals surface area contributed by atoms with E-state index in [2.05, 4.69) is 0 Å². The fourth-order valence-corrected chi connectivity index (χ4v) is 3.06. The highest BCUT2D eigenvalue weighted by Gasteiger charge is 2.42. The van der Waals surface area contributed by atoms with Crippen LogP contribution >= 0.6 is 11.6 Å². The molecular weight excluding hydrogens is 282 g/mol. The first-order valence-electron chi connectivity index (χ1n) is 7.01. The summed E-state index contributed by atoms with van der Waals surface area (Å²) in [6.45, 7) is 0. The Kier molecular flexibility index (Phi) is 5.03. The van der Waals surface area contributed by atoms with Gasteiger partial charge in [0.15, 0.2) is 0 Å². The molecule has 0 aromatic heterocycles. The molecule has 0 saturated heterocycles. The maximum atomic E-state index is 13.0. The van der Waals surface area contributed by atoms with Crippen LogP contribution in [0.2, 0.25) is 0 Å². The number of rotatable bonds is 5. The number of benzene rings is 2. The number of nitrogens with zero attached hydrogens (tertiary/aromatic N) is 1. The van der Waals surface area contributed by atoms with Gasteiger partial charge in [0.05, 0.1) is 0 Å². The number of halogens is 1. The van der Waals surface area contributed by atoms with Gasteiger partial charge in [-0.15, -0.1) is 11.6 Å². The lowest BCUT2D eigenvalue weighted by Gasteiger charge is -2.35. The molecule has 0 heterocycles. The molecule has 0 unspecified atom stereocenters. The monoisotopic (exact) mass is 301 g/mol. The second-order valence-electron chi connectivity index (χ2n) is 5.28. The summed E-state index contributed by atoms with van der Waals surface area (Å²) in [5, 5.41) is 0. The van der Waals surface area contributed by atoms with Gasteiger partial charge in [0.1, 0.15) is 5.41 Å². The van der Waals surface area contributed by atoms with Crippen molar-refractivity contribution in [2.45, 2.75) is 11.8 Å². The van der Waals surface area contributed by atoms with Gasteiger partial charge < -0.3 is 4.90 Å². The van der Waals surface area contributed by atoms with Crippen molar-refractivity contribution in [1.29, 1.82) is 0 Å². The summed E-state index contributed by atoms with van der Waals surface area (Å²) in [6, 6.07) is 19.8. The van der Waals surface area contributed by atoms with Crippen LogP contribution in [0.3, 0.4) is 0 Å². The molecule has 0 bridgehead atoms. The maximum absolute atomic E-state index is 13.0. The molecule has 2 rings (SSSR count). The zero-order valence-corrected chi connectivity index (χ0v) is 13.2. The fraction of sp³-hybridized carbons (Fsp3) is 0.278. The molecule has 21 heavy (non-hydrogen) atoms. The van der Waals surface area contributed by atoms with Gasteiger partial charge in [-0.2, -0.15) is 0 Å². The van der Waals surface area contributed by atoms with Crippen LogP contribution in [0.1, 0.15) is 17.5 Å².